The normalized spacial score (nSPS) is 19.6. The van der Waals surface area contributed by atoms with Gasteiger partial charge >= 0.3 is 18.1 Å². The van der Waals surface area contributed by atoms with Crippen LogP contribution in [0.3, 0.4) is 0 Å². The van der Waals surface area contributed by atoms with Crippen molar-refractivity contribution < 1.29 is 28.7 Å². The minimum Gasteiger partial charge on any atom is -0.459 e. The molecule has 1 unspecified atom stereocenters. The van der Waals surface area contributed by atoms with E-state index in [0.29, 0.717) is 19.4 Å². The molecule has 2 aromatic rings. The lowest BCUT2D eigenvalue weighted by Gasteiger charge is -2.39. The van der Waals surface area contributed by atoms with Gasteiger partial charge in [-0.3, -0.25) is 9.69 Å². The second-order valence-corrected chi connectivity index (χ2v) is 7.93. The van der Waals surface area contributed by atoms with Crippen LogP contribution in [0, 0.1) is 0 Å². The molecule has 2 aliphatic heterocycles. The molecule has 4 rings (SSSR count). The number of carbonyl (C=O) groups is 4. The lowest BCUT2D eigenvalue weighted by Crippen LogP contribution is -2.68. The Kier molecular flexibility index (Phi) is 6.87. The number of benzene rings is 2. The summed E-state index contributed by atoms with van der Waals surface area (Å²) in [5, 5.41) is 2.47. The maximum atomic E-state index is 12.8. The number of hydrogen-bond donors (Lipinski definition) is 1. The third-order valence-electron chi connectivity index (χ3n) is 5.66. The first-order valence-electron chi connectivity index (χ1n) is 10.8. The predicted octanol–water partition coefficient (Wildman–Crippen LogP) is 2.45. The predicted molar refractivity (Wildman–Crippen MR) is 117 cm³/mol. The zero-order chi connectivity index (χ0) is 23.2. The van der Waals surface area contributed by atoms with E-state index < -0.39 is 36.1 Å². The molecule has 9 heteroatoms. The monoisotopic (exact) mass is 451 g/mol. The van der Waals surface area contributed by atoms with Crippen LogP contribution in [0.4, 0.5) is 9.59 Å². The summed E-state index contributed by atoms with van der Waals surface area (Å²) in [7, 11) is 0. The Morgan fingerprint density at radius 3 is 2.12 bits per heavy atom. The Morgan fingerprint density at radius 1 is 0.909 bits per heavy atom. The average molecular weight is 451 g/mol. The van der Waals surface area contributed by atoms with E-state index in [1.165, 1.54) is 4.90 Å². The highest BCUT2D eigenvalue weighted by Crippen LogP contribution is 2.23. The van der Waals surface area contributed by atoms with E-state index >= 15 is 0 Å². The molecular weight excluding hydrogens is 426 g/mol. The number of likely N-dealkylation sites (tertiary alicyclic amines) is 2. The summed E-state index contributed by atoms with van der Waals surface area (Å²) in [4.78, 5) is 52.2. The molecule has 0 aliphatic carbocycles. The second kappa shape index (κ2) is 10.2. The van der Waals surface area contributed by atoms with Crippen molar-refractivity contribution >= 4 is 24.0 Å². The van der Waals surface area contributed by atoms with Gasteiger partial charge in [-0.2, -0.15) is 0 Å². The fourth-order valence-corrected chi connectivity index (χ4v) is 3.83. The van der Waals surface area contributed by atoms with Gasteiger partial charge in [0.25, 0.3) is 5.91 Å². The summed E-state index contributed by atoms with van der Waals surface area (Å²) in [6, 6.07) is 16.3. The highest BCUT2D eigenvalue weighted by molar-refractivity contribution is 6.04. The molecule has 0 bridgehead atoms. The number of nitrogens with one attached hydrogen (secondary N) is 1. The topological polar surface area (TPSA) is 105 Å². The number of imide groups is 1. The SMILES string of the molecule is O=C(NC1CN(C(=O)N2CCC[C@H]2C(=O)OCc2ccccc2)C1=O)OCc1ccccc1. The number of amides is 4. The number of rotatable bonds is 6. The van der Waals surface area contributed by atoms with Crippen molar-refractivity contribution in [3.63, 3.8) is 0 Å². The van der Waals surface area contributed by atoms with Gasteiger partial charge in [0.2, 0.25) is 0 Å². The van der Waals surface area contributed by atoms with Crippen LogP contribution in [0.25, 0.3) is 0 Å². The molecule has 4 amide bonds. The van der Waals surface area contributed by atoms with E-state index in [9.17, 15) is 19.2 Å². The van der Waals surface area contributed by atoms with Crippen molar-refractivity contribution in [2.45, 2.75) is 38.1 Å². The second-order valence-electron chi connectivity index (χ2n) is 7.93. The third kappa shape index (κ3) is 5.31. The fraction of sp³-hybridized carbons (Fsp3) is 0.333. The lowest BCUT2D eigenvalue weighted by atomic mass is 10.1. The van der Waals surface area contributed by atoms with Crippen LogP contribution in [-0.2, 0) is 32.3 Å². The molecule has 33 heavy (non-hydrogen) atoms. The van der Waals surface area contributed by atoms with Crippen molar-refractivity contribution in [2.24, 2.45) is 0 Å². The third-order valence-corrected chi connectivity index (χ3v) is 5.66. The summed E-state index contributed by atoms with van der Waals surface area (Å²) in [6.07, 6.45) is 0.397. The zero-order valence-corrected chi connectivity index (χ0v) is 18.0. The van der Waals surface area contributed by atoms with Crippen molar-refractivity contribution in [1.29, 1.82) is 0 Å². The number of β-lactam (4-membered cyclic amide) rings is 1. The number of urea groups is 1. The number of alkyl carbamates (subject to hydrolysis) is 1. The van der Waals surface area contributed by atoms with E-state index in [4.69, 9.17) is 9.47 Å². The molecular formula is C24H25N3O6. The molecule has 2 fully saturated rings. The number of ether oxygens (including phenoxy) is 2. The first kappa shape index (κ1) is 22.3. The van der Waals surface area contributed by atoms with E-state index in [-0.39, 0.29) is 19.8 Å². The number of hydrogen-bond acceptors (Lipinski definition) is 6. The molecule has 172 valence electrons. The highest BCUT2D eigenvalue weighted by Gasteiger charge is 2.47. The first-order chi connectivity index (χ1) is 16.0. The molecule has 0 saturated carbocycles. The van der Waals surface area contributed by atoms with Crippen LogP contribution in [0.15, 0.2) is 60.7 Å². The van der Waals surface area contributed by atoms with Crippen LogP contribution < -0.4 is 5.32 Å². The standard InChI is InChI=1S/C24H25N3O6/c28-21-19(25-23(30)33-16-18-10-5-2-6-11-18)14-27(21)24(31)26-13-7-12-20(26)22(29)32-15-17-8-3-1-4-9-17/h1-6,8-11,19-20H,7,12-16H2,(H,25,30)/t19?,20-/m0/s1. The maximum Gasteiger partial charge on any atom is 0.408 e. The van der Waals surface area contributed by atoms with Gasteiger partial charge in [0.1, 0.15) is 25.3 Å². The molecule has 0 radical (unpaired) electrons. The van der Waals surface area contributed by atoms with Crippen molar-refractivity contribution in [3.8, 4) is 0 Å². The lowest BCUT2D eigenvalue weighted by molar-refractivity contribution is -0.150. The summed E-state index contributed by atoms with van der Waals surface area (Å²) >= 11 is 0. The molecule has 2 atom stereocenters. The number of carbonyl (C=O) groups excluding carboxylic acids is 4. The minimum atomic E-state index is -0.830. The highest BCUT2D eigenvalue weighted by atomic mass is 16.5. The van der Waals surface area contributed by atoms with Crippen LogP contribution in [0.2, 0.25) is 0 Å². The van der Waals surface area contributed by atoms with Gasteiger partial charge < -0.3 is 19.7 Å². The van der Waals surface area contributed by atoms with Gasteiger partial charge in [-0.15, -0.1) is 0 Å². The molecule has 0 aromatic heterocycles. The van der Waals surface area contributed by atoms with Crippen molar-refractivity contribution in [2.75, 3.05) is 13.1 Å². The molecule has 2 heterocycles. The first-order valence-corrected chi connectivity index (χ1v) is 10.8. The smallest absolute Gasteiger partial charge is 0.408 e. The van der Waals surface area contributed by atoms with E-state index in [1.807, 2.05) is 60.7 Å². The van der Waals surface area contributed by atoms with Gasteiger partial charge in [-0.05, 0) is 24.0 Å². The summed E-state index contributed by atoms with van der Waals surface area (Å²) in [5.74, 6) is -1.02. The number of nitrogens with zero attached hydrogens (tertiary/aromatic N) is 2. The van der Waals surface area contributed by atoms with Crippen LogP contribution in [-0.4, -0.2) is 59.0 Å². The summed E-state index contributed by atoms with van der Waals surface area (Å²) in [6.45, 7) is 0.597. The summed E-state index contributed by atoms with van der Waals surface area (Å²) in [5.41, 5.74) is 1.68. The van der Waals surface area contributed by atoms with E-state index in [0.717, 1.165) is 16.0 Å². The van der Waals surface area contributed by atoms with E-state index in [2.05, 4.69) is 5.32 Å². The fourth-order valence-electron chi connectivity index (χ4n) is 3.83. The molecule has 2 aliphatic rings. The Labute approximate surface area is 191 Å². The molecule has 1 N–H and O–H groups in total. The van der Waals surface area contributed by atoms with Gasteiger partial charge in [0.15, 0.2) is 0 Å². The maximum absolute atomic E-state index is 12.8. The van der Waals surface area contributed by atoms with E-state index in [1.54, 1.807) is 0 Å². The van der Waals surface area contributed by atoms with Crippen LogP contribution >= 0.6 is 0 Å². The molecule has 2 aromatic carbocycles. The summed E-state index contributed by atoms with van der Waals surface area (Å²) < 4.78 is 10.5. The largest absolute Gasteiger partial charge is 0.459 e. The average Bonchev–Trinajstić information content (AvgIpc) is 3.34. The van der Waals surface area contributed by atoms with Crippen LogP contribution in [0.5, 0.6) is 0 Å². The Hall–Kier alpha value is -3.88. The molecule has 0 spiro atoms. The van der Waals surface area contributed by atoms with Crippen LogP contribution in [0.1, 0.15) is 24.0 Å². The Bertz CT molecular complexity index is 1010. The molecule has 2 saturated heterocycles. The van der Waals surface area contributed by atoms with Gasteiger partial charge in [0, 0.05) is 6.54 Å². The molecule has 9 nitrogen and oxygen atoms in total. The Morgan fingerprint density at radius 2 is 1.52 bits per heavy atom. The Balaban J connectivity index is 1.24. The van der Waals surface area contributed by atoms with Crippen molar-refractivity contribution in [1.82, 2.24) is 15.1 Å². The zero-order valence-electron chi connectivity index (χ0n) is 18.0. The minimum absolute atomic E-state index is 0.0282. The quantitative estimate of drug-likeness (QED) is 0.534. The van der Waals surface area contributed by atoms with Gasteiger partial charge in [-0.1, -0.05) is 60.7 Å². The van der Waals surface area contributed by atoms with Gasteiger partial charge in [-0.25, -0.2) is 14.4 Å². The van der Waals surface area contributed by atoms with Gasteiger partial charge in [0.05, 0.1) is 6.54 Å². The van der Waals surface area contributed by atoms with Crippen molar-refractivity contribution in [3.05, 3.63) is 71.8 Å². The number of esters is 1.